The number of benzene rings is 2. The molecule has 24 heavy (non-hydrogen) atoms. The van der Waals surface area contributed by atoms with Crippen LogP contribution >= 0.6 is 0 Å². The normalized spacial score (nSPS) is 16.3. The van der Waals surface area contributed by atoms with Gasteiger partial charge in [0.2, 0.25) is 0 Å². The van der Waals surface area contributed by atoms with Gasteiger partial charge in [-0.05, 0) is 48.8 Å². The van der Waals surface area contributed by atoms with Crippen LogP contribution in [0.4, 0.5) is 17.1 Å². The van der Waals surface area contributed by atoms with Crippen molar-refractivity contribution >= 4 is 17.1 Å². The summed E-state index contributed by atoms with van der Waals surface area (Å²) in [5, 5.41) is 10.0. The second-order valence-electron chi connectivity index (χ2n) is 6.16. The number of hydrogen-bond acceptors (Lipinski definition) is 5. The molecule has 126 valence electrons. The quantitative estimate of drug-likeness (QED) is 0.815. The monoisotopic (exact) mass is 324 g/mol. The summed E-state index contributed by atoms with van der Waals surface area (Å²) in [4.78, 5) is 13.5. The molecule has 2 aromatic rings. The molecule has 0 spiro atoms. The van der Waals surface area contributed by atoms with Gasteiger partial charge in [0.1, 0.15) is 5.69 Å². The van der Waals surface area contributed by atoms with Crippen LogP contribution in [0.25, 0.3) is 0 Å². The fourth-order valence-electron chi connectivity index (χ4n) is 3.08. The van der Waals surface area contributed by atoms with Gasteiger partial charge in [-0.2, -0.15) is 0 Å². The van der Waals surface area contributed by atoms with Gasteiger partial charge >= 0.3 is 0 Å². The number of hydrogen-bond donors (Lipinski definition) is 2. The van der Waals surface area contributed by atoms with E-state index in [0.717, 1.165) is 44.0 Å². The Morgan fingerprint density at radius 2 is 1.96 bits per heavy atom. The molecule has 0 radical (unpaired) electrons. The van der Waals surface area contributed by atoms with Crippen LogP contribution in [0.5, 0.6) is 0 Å². The molecule has 1 unspecified atom stereocenters. The van der Waals surface area contributed by atoms with E-state index in [4.69, 9.17) is 0 Å². The van der Waals surface area contributed by atoms with Gasteiger partial charge in [0.25, 0.3) is 0 Å². The summed E-state index contributed by atoms with van der Waals surface area (Å²) in [7, 11) is 0. The third kappa shape index (κ3) is 3.92. The Morgan fingerprint density at radius 3 is 2.75 bits per heavy atom. The Balaban J connectivity index is 1.82. The van der Waals surface area contributed by atoms with Crippen molar-refractivity contribution in [1.82, 2.24) is 5.32 Å². The van der Waals surface area contributed by atoms with Crippen LogP contribution in [-0.4, -0.2) is 26.2 Å². The Bertz CT molecular complexity index is 666. The summed E-state index contributed by atoms with van der Waals surface area (Å²) in [6.45, 7) is 6.13. The van der Waals surface area contributed by atoms with Crippen LogP contribution in [0.1, 0.15) is 24.9 Å². The van der Waals surface area contributed by atoms with E-state index < -0.39 is 0 Å². The summed E-state index contributed by atoms with van der Waals surface area (Å²) >= 11 is 0. The average Bonchev–Trinajstić information content (AvgIpc) is 2.92. The molecular formula is C19H24N4O. The Morgan fingerprint density at radius 1 is 1.12 bits per heavy atom. The van der Waals surface area contributed by atoms with Gasteiger partial charge in [0.15, 0.2) is 0 Å². The van der Waals surface area contributed by atoms with Crippen molar-refractivity contribution < 1.29 is 0 Å². The fraction of sp³-hybridized carbons (Fsp3) is 0.368. The van der Waals surface area contributed by atoms with Crippen molar-refractivity contribution in [2.75, 3.05) is 36.4 Å². The Hall–Kier alpha value is -2.40. The lowest BCUT2D eigenvalue weighted by atomic mass is 10.1. The summed E-state index contributed by atoms with van der Waals surface area (Å²) < 4.78 is 0. The first kappa shape index (κ1) is 16.5. The van der Waals surface area contributed by atoms with Gasteiger partial charge in [-0.25, -0.2) is 0 Å². The lowest BCUT2D eigenvalue weighted by molar-refractivity contribution is 0.724. The fourth-order valence-corrected chi connectivity index (χ4v) is 3.08. The zero-order valence-corrected chi connectivity index (χ0v) is 14.0. The summed E-state index contributed by atoms with van der Waals surface area (Å²) in [5.74, 6) is 0. The van der Waals surface area contributed by atoms with Crippen molar-refractivity contribution in [3.05, 3.63) is 59.0 Å². The van der Waals surface area contributed by atoms with Gasteiger partial charge in [-0.3, -0.25) is 0 Å². The van der Waals surface area contributed by atoms with Crippen molar-refractivity contribution in [3.8, 4) is 0 Å². The lowest BCUT2D eigenvalue weighted by Gasteiger charge is -2.24. The largest absolute Gasteiger partial charge is 0.377 e. The minimum Gasteiger partial charge on any atom is -0.377 e. The van der Waals surface area contributed by atoms with Crippen molar-refractivity contribution in [1.29, 1.82) is 0 Å². The molecule has 5 heteroatoms. The van der Waals surface area contributed by atoms with E-state index in [1.54, 1.807) is 6.07 Å². The number of nitroso groups, excluding NO2 is 1. The van der Waals surface area contributed by atoms with Gasteiger partial charge in [-0.15, -0.1) is 4.91 Å². The first-order valence-electron chi connectivity index (χ1n) is 8.52. The zero-order valence-electron chi connectivity index (χ0n) is 14.0. The van der Waals surface area contributed by atoms with Crippen molar-refractivity contribution in [2.24, 2.45) is 5.18 Å². The minimum atomic E-state index is 0.104. The molecule has 0 aliphatic carbocycles. The highest BCUT2D eigenvalue weighted by atomic mass is 16.3. The molecule has 0 saturated carbocycles. The maximum atomic E-state index is 11.2. The molecule has 1 aliphatic heterocycles. The second kappa shape index (κ2) is 7.93. The molecular weight excluding hydrogens is 300 g/mol. The second-order valence-corrected chi connectivity index (χ2v) is 6.16. The number of nitrogens with zero attached hydrogens (tertiary/aromatic N) is 2. The van der Waals surface area contributed by atoms with Gasteiger partial charge in [-0.1, -0.05) is 30.3 Å². The third-order valence-electron chi connectivity index (χ3n) is 4.46. The van der Waals surface area contributed by atoms with E-state index in [9.17, 15) is 4.91 Å². The van der Waals surface area contributed by atoms with Gasteiger partial charge in [0.05, 0.1) is 5.69 Å². The summed E-state index contributed by atoms with van der Waals surface area (Å²) in [5.41, 5.74) is 3.55. The molecule has 1 aliphatic rings. The number of rotatable bonds is 5. The predicted molar refractivity (Wildman–Crippen MR) is 100 cm³/mol. The van der Waals surface area contributed by atoms with Crippen LogP contribution in [0.15, 0.2) is 53.7 Å². The highest BCUT2D eigenvalue weighted by molar-refractivity contribution is 5.72. The average molecular weight is 324 g/mol. The van der Waals surface area contributed by atoms with Gasteiger partial charge < -0.3 is 15.5 Å². The van der Waals surface area contributed by atoms with E-state index in [0.29, 0.717) is 5.69 Å². The molecule has 1 saturated heterocycles. The molecule has 1 atom stereocenters. The Labute approximate surface area is 143 Å². The first-order chi connectivity index (χ1) is 11.8. The predicted octanol–water partition coefficient (Wildman–Crippen LogP) is 4.06. The van der Waals surface area contributed by atoms with Gasteiger partial charge in [0, 0.05) is 31.4 Å². The van der Waals surface area contributed by atoms with E-state index in [1.807, 2.05) is 30.3 Å². The van der Waals surface area contributed by atoms with E-state index in [-0.39, 0.29) is 6.04 Å². The van der Waals surface area contributed by atoms with Crippen LogP contribution in [0, 0.1) is 4.91 Å². The van der Waals surface area contributed by atoms with Crippen LogP contribution in [0.3, 0.4) is 0 Å². The lowest BCUT2D eigenvalue weighted by Crippen LogP contribution is -2.27. The topological polar surface area (TPSA) is 56.7 Å². The standard InChI is InChI=1S/C19H24N4O/c1-15(16-6-3-2-4-7-16)21-19-14-17(8-9-18(19)22-24)23-12-5-10-20-11-13-23/h2-4,6-9,14-15,20-21H,5,10-13H2,1H3. The van der Waals surface area contributed by atoms with Crippen LogP contribution in [0.2, 0.25) is 0 Å². The molecule has 5 nitrogen and oxygen atoms in total. The summed E-state index contributed by atoms with van der Waals surface area (Å²) in [6, 6.07) is 16.1. The highest BCUT2D eigenvalue weighted by Gasteiger charge is 2.14. The van der Waals surface area contributed by atoms with Crippen LogP contribution < -0.4 is 15.5 Å². The van der Waals surface area contributed by atoms with Crippen LogP contribution in [-0.2, 0) is 0 Å². The van der Waals surface area contributed by atoms with Crippen molar-refractivity contribution in [2.45, 2.75) is 19.4 Å². The maximum absolute atomic E-state index is 11.2. The molecule has 3 rings (SSSR count). The number of anilines is 2. The van der Waals surface area contributed by atoms with E-state index in [2.05, 4.69) is 39.8 Å². The highest BCUT2D eigenvalue weighted by Crippen LogP contribution is 2.32. The molecule has 0 aromatic heterocycles. The molecule has 2 aromatic carbocycles. The summed E-state index contributed by atoms with van der Waals surface area (Å²) in [6.07, 6.45) is 1.12. The Kier molecular flexibility index (Phi) is 5.43. The SMILES string of the molecule is CC(Nc1cc(N2CCCNCC2)ccc1N=O)c1ccccc1. The smallest absolute Gasteiger partial charge is 0.131 e. The maximum Gasteiger partial charge on any atom is 0.131 e. The molecule has 0 amide bonds. The minimum absolute atomic E-state index is 0.104. The number of nitrogens with one attached hydrogen (secondary N) is 2. The zero-order chi connectivity index (χ0) is 16.8. The van der Waals surface area contributed by atoms with E-state index in [1.165, 1.54) is 5.56 Å². The van der Waals surface area contributed by atoms with Crippen molar-refractivity contribution in [3.63, 3.8) is 0 Å². The van der Waals surface area contributed by atoms with E-state index >= 15 is 0 Å². The molecule has 1 fully saturated rings. The molecule has 1 heterocycles. The molecule has 2 N–H and O–H groups in total. The molecule has 0 bridgehead atoms. The third-order valence-corrected chi connectivity index (χ3v) is 4.46. The first-order valence-corrected chi connectivity index (χ1v) is 8.52.